The second-order valence-corrected chi connectivity index (χ2v) is 8.54. The fraction of sp³-hybridized carbons (Fsp3) is 0.136. The third-order valence-electron chi connectivity index (χ3n) is 4.84. The first kappa shape index (κ1) is 20.0. The highest BCUT2D eigenvalue weighted by molar-refractivity contribution is 7.17. The molecule has 0 saturated heterocycles. The number of nitrogens with zero attached hydrogens (tertiary/aromatic N) is 1. The highest BCUT2D eigenvalue weighted by Gasteiger charge is 2.26. The van der Waals surface area contributed by atoms with Crippen LogP contribution in [0.15, 0.2) is 60.0 Å². The van der Waals surface area contributed by atoms with Crippen LogP contribution in [-0.4, -0.2) is 15.6 Å². The number of fused-ring (bicyclic) bond motifs is 1. The van der Waals surface area contributed by atoms with Gasteiger partial charge in [-0.3, -0.25) is 4.79 Å². The minimum absolute atomic E-state index is 0.491. The third kappa shape index (κ3) is 4.05. The Morgan fingerprint density at radius 1 is 1.14 bits per heavy atom. The molecule has 0 aliphatic rings. The molecular weight excluding hydrogens is 427 g/mol. The summed E-state index contributed by atoms with van der Waals surface area (Å²) < 4.78 is 3.02. The van der Waals surface area contributed by atoms with E-state index in [9.17, 15) is 9.90 Å². The molecule has 2 aromatic carbocycles. The van der Waals surface area contributed by atoms with Crippen molar-refractivity contribution in [3.63, 3.8) is 0 Å². The number of aliphatic hydroxyl groups is 1. The van der Waals surface area contributed by atoms with Crippen LogP contribution in [0.5, 0.6) is 0 Å². The number of anilines is 1. The van der Waals surface area contributed by atoms with E-state index in [4.69, 9.17) is 23.2 Å². The van der Waals surface area contributed by atoms with Crippen molar-refractivity contribution in [2.45, 2.75) is 19.6 Å². The van der Waals surface area contributed by atoms with Gasteiger partial charge in [0, 0.05) is 33.5 Å². The molecule has 0 fully saturated rings. The highest BCUT2D eigenvalue weighted by atomic mass is 35.5. The predicted octanol–water partition coefficient (Wildman–Crippen LogP) is 6.04. The van der Waals surface area contributed by atoms with Crippen molar-refractivity contribution < 1.29 is 9.90 Å². The Hall–Kier alpha value is -2.31. The van der Waals surface area contributed by atoms with Crippen molar-refractivity contribution in [2.75, 3.05) is 5.32 Å². The van der Waals surface area contributed by atoms with Crippen LogP contribution in [0, 0.1) is 6.92 Å². The van der Waals surface area contributed by atoms with Gasteiger partial charge in [-0.05, 0) is 54.3 Å². The van der Waals surface area contributed by atoms with Gasteiger partial charge in [-0.15, -0.1) is 11.3 Å². The van der Waals surface area contributed by atoms with Crippen molar-refractivity contribution in [1.82, 2.24) is 4.57 Å². The minimum atomic E-state index is -1.29. The van der Waals surface area contributed by atoms with Gasteiger partial charge in [0.2, 0.25) is 0 Å². The van der Waals surface area contributed by atoms with E-state index in [-0.39, 0.29) is 0 Å². The van der Waals surface area contributed by atoms with E-state index in [1.807, 2.05) is 42.6 Å². The van der Waals surface area contributed by atoms with Crippen LogP contribution in [0.2, 0.25) is 10.0 Å². The molecule has 0 aliphatic heterocycles. The van der Waals surface area contributed by atoms with Gasteiger partial charge in [0.05, 0.1) is 10.2 Å². The Bertz CT molecular complexity index is 1180. The number of thiophene rings is 1. The molecular formula is C22H18Cl2N2O2S. The first-order chi connectivity index (χ1) is 13.9. The number of hydrogen-bond acceptors (Lipinski definition) is 3. The number of halogens is 2. The molecule has 0 bridgehead atoms. The van der Waals surface area contributed by atoms with E-state index in [2.05, 4.69) is 9.88 Å². The topological polar surface area (TPSA) is 54.3 Å². The maximum atomic E-state index is 12.7. The van der Waals surface area contributed by atoms with Gasteiger partial charge >= 0.3 is 0 Å². The lowest BCUT2D eigenvalue weighted by molar-refractivity contribution is -0.124. The number of aromatic nitrogens is 1. The second kappa shape index (κ2) is 8.20. The van der Waals surface area contributed by atoms with Crippen molar-refractivity contribution in [1.29, 1.82) is 0 Å². The van der Waals surface area contributed by atoms with E-state index < -0.39 is 12.0 Å². The number of carbonyl (C=O) groups is 1. The summed E-state index contributed by atoms with van der Waals surface area (Å²) in [5.41, 5.74) is 4.11. The summed E-state index contributed by atoms with van der Waals surface area (Å²) in [7, 11) is 0. The van der Waals surface area contributed by atoms with E-state index in [0.29, 0.717) is 27.8 Å². The molecule has 2 heterocycles. The quantitative estimate of drug-likeness (QED) is 0.394. The number of aliphatic hydroxyl groups excluding tert-OH is 1. The molecule has 0 radical (unpaired) electrons. The summed E-state index contributed by atoms with van der Waals surface area (Å²) >= 11 is 13.5. The summed E-state index contributed by atoms with van der Waals surface area (Å²) in [6, 6.07) is 16.5. The van der Waals surface area contributed by atoms with E-state index in [1.54, 1.807) is 24.3 Å². The highest BCUT2D eigenvalue weighted by Crippen LogP contribution is 2.35. The summed E-state index contributed by atoms with van der Waals surface area (Å²) in [6.45, 7) is 2.55. The SMILES string of the molecule is Cc1c([C@@H](O)C(=O)Nc2cccc(Cl)c2)c2sccc2n1Cc1ccc(Cl)cc1. The molecule has 1 atom stereocenters. The molecule has 0 spiro atoms. The predicted molar refractivity (Wildman–Crippen MR) is 120 cm³/mol. The van der Waals surface area contributed by atoms with Gasteiger partial charge in [-0.2, -0.15) is 0 Å². The van der Waals surface area contributed by atoms with Gasteiger partial charge in [0.1, 0.15) is 0 Å². The molecule has 4 rings (SSSR count). The van der Waals surface area contributed by atoms with Gasteiger partial charge in [0.25, 0.3) is 5.91 Å². The van der Waals surface area contributed by atoms with E-state index in [0.717, 1.165) is 21.5 Å². The fourth-order valence-corrected chi connectivity index (χ4v) is 4.75. The number of amides is 1. The lowest BCUT2D eigenvalue weighted by Gasteiger charge is -2.14. The standard InChI is InChI=1S/C22H18Cl2N2O2S/c1-13-19(20(27)22(28)25-17-4-2-3-16(24)11-17)21-18(9-10-29-21)26(13)12-14-5-7-15(23)8-6-14/h2-11,20,27H,12H2,1H3,(H,25,28)/t20-/m1/s1. The molecule has 0 aliphatic carbocycles. The minimum Gasteiger partial charge on any atom is -0.378 e. The maximum absolute atomic E-state index is 12.7. The average Bonchev–Trinajstić information content (AvgIpc) is 3.25. The first-order valence-corrected chi connectivity index (χ1v) is 10.6. The van der Waals surface area contributed by atoms with E-state index in [1.165, 1.54) is 11.3 Å². The molecule has 4 nitrogen and oxygen atoms in total. The van der Waals surface area contributed by atoms with Crippen molar-refractivity contribution in [3.8, 4) is 0 Å². The zero-order valence-electron chi connectivity index (χ0n) is 15.5. The van der Waals surface area contributed by atoms with Crippen LogP contribution >= 0.6 is 34.5 Å². The van der Waals surface area contributed by atoms with Gasteiger partial charge in [-0.1, -0.05) is 41.4 Å². The van der Waals surface area contributed by atoms with Crippen LogP contribution < -0.4 is 5.32 Å². The second-order valence-electron chi connectivity index (χ2n) is 6.75. The van der Waals surface area contributed by atoms with Crippen molar-refractivity contribution in [2.24, 2.45) is 0 Å². The van der Waals surface area contributed by atoms with Crippen LogP contribution in [0.3, 0.4) is 0 Å². The Kier molecular flexibility index (Phi) is 5.65. The molecule has 1 amide bonds. The molecule has 2 N–H and O–H groups in total. The molecule has 4 aromatic rings. The third-order valence-corrected chi connectivity index (χ3v) is 6.27. The molecule has 148 valence electrons. The van der Waals surface area contributed by atoms with Gasteiger partial charge in [0.15, 0.2) is 6.10 Å². The molecule has 29 heavy (non-hydrogen) atoms. The van der Waals surface area contributed by atoms with Gasteiger partial charge in [-0.25, -0.2) is 0 Å². The largest absolute Gasteiger partial charge is 0.378 e. The van der Waals surface area contributed by atoms with E-state index >= 15 is 0 Å². The number of nitrogens with one attached hydrogen (secondary N) is 1. The number of rotatable bonds is 5. The lowest BCUT2D eigenvalue weighted by atomic mass is 10.1. The number of carbonyl (C=O) groups excluding carboxylic acids is 1. The Balaban J connectivity index is 1.66. The average molecular weight is 445 g/mol. The normalized spacial score (nSPS) is 12.3. The summed E-state index contributed by atoms with van der Waals surface area (Å²) in [4.78, 5) is 12.7. The maximum Gasteiger partial charge on any atom is 0.257 e. The monoisotopic (exact) mass is 444 g/mol. The molecule has 2 aromatic heterocycles. The van der Waals surface area contributed by atoms with Crippen LogP contribution in [-0.2, 0) is 11.3 Å². The van der Waals surface area contributed by atoms with Crippen molar-refractivity contribution in [3.05, 3.63) is 86.8 Å². The van der Waals surface area contributed by atoms with Crippen LogP contribution in [0.25, 0.3) is 10.2 Å². The van der Waals surface area contributed by atoms with Gasteiger partial charge < -0.3 is 15.0 Å². The first-order valence-electron chi connectivity index (χ1n) is 8.99. The Morgan fingerprint density at radius 3 is 2.62 bits per heavy atom. The Morgan fingerprint density at radius 2 is 1.90 bits per heavy atom. The smallest absolute Gasteiger partial charge is 0.257 e. The zero-order valence-corrected chi connectivity index (χ0v) is 17.9. The fourth-order valence-electron chi connectivity index (χ4n) is 3.41. The Labute approximate surface area is 182 Å². The number of hydrogen-bond donors (Lipinski definition) is 2. The van der Waals surface area contributed by atoms with Crippen molar-refractivity contribution >= 4 is 56.3 Å². The molecule has 0 unspecified atom stereocenters. The summed E-state index contributed by atoms with van der Waals surface area (Å²) in [5.74, 6) is -0.491. The van der Waals surface area contributed by atoms with Crippen LogP contribution in [0.4, 0.5) is 5.69 Å². The molecule has 0 saturated carbocycles. The lowest BCUT2D eigenvalue weighted by Crippen LogP contribution is -2.21. The van der Waals surface area contributed by atoms with Crippen LogP contribution in [0.1, 0.15) is 22.9 Å². The molecule has 7 heteroatoms. The summed E-state index contributed by atoms with van der Waals surface area (Å²) in [5, 5.41) is 16.8. The summed E-state index contributed by atoms with van der Waals surface area (Å²) in [6.07, 6.45) is -1.29. The zero-order chi connectivity index (χ0) is 20.5. The number of benzene rings is 2.